The van der Waals surface area contributed by atoms with Crippen LogP contribution in [0.3, 0.4) is 0 Å². The van der Waals surface area contributed by atoms with E-state index in [0.29, 0.717) is 6.42 Å². The van der Waals surface area contributed by atoms with Crippen molar-refractivity contribution in [3.8, 4) is 0 Å². The fourth-order valence-electron chi connectivity index (χ4n) is 4.60. The first-order chi connectivity index (χ1) is 25.1. The maximum Gasteiger partial charge on any atom is 0.481 e. The second-order valence-corrected chi connectivity index (χ2v) is 16.2. The van der Waals surface area contributed by atoms with Gasteiger partial charge in [0.25, 0.3) is 0 Å². The Bertz CT molecular complexity index is 1800. The zero-order valence-corrected chi connectivity index (χ0v) is 31.6. The quantitative estimate of drug-likeness (QED) is 0.0312. The molecule has 1 saturated heterocycles. The van der Waals surface area contributed by atoms with E-state index in [4.69, 9.17) is 24.3 Å². The molecule has 2 unspecified atom stereocenters. The fourth-order valence-corrected chi connectivity index (χ4v) is 7.43. The number of hydrogen-bond acceptors (Lipinski definition) is 18. The SMILES string of the molecule is CCOC(=O)/C=C/CCNC(=O)CCNC(=O)[C@H](O)C(C)(C)COP(=O)(O)OP(=O)(O)OC[C@H]1O[C@@H](n2cnc3c(N)ncnc32)[C@H](O)[C@@H]1OP(=O)(O)O. The van der Waals surface area contributed by atoms with Gasteiger partial charge in [0.15, 0.2) is 17.7 Å². The Kier molecular flexibility index (Phi) is 15.9. The Labute approximate surface area is 306 Å². The number of aliphatic hydroxyl groups is 2. The maximum absolute atomic E-state index is 12.6. The first kappa shape index (κ1) is 45.1. The molecule has 3 heterocycles. The Morgan fingerprint density at radius 1 is 1.07 bits per heavy atom. The van der Waals surface area contributed by atoms with Crippen LogP contribution in [0.4, 0.5) is 5.82 Å². The van der Waals surface area contributed by atoms with Crippen molar-refractivity contribution in [2.75, 3.05) is 38.6 Å². The number of carbonyl (C=O) groups is 3. The van der Waals surface area contributed by atoms with Crippen LogP contribution in [0.5, 0.6) is 0 Å². The van der Waals surface area contributed by atoms with Gasteiger partial charge < -0.3 is 55.6 Å². The van der Waals surface area contributed by atoms with Crippen LogP contribution in [0.25, 0.3) is 11.2 Å². The number of imidazole rings is 1. The Balaban J connectivity index is 1.51. The summed E-state index contributed by atoms with van der Waals surface area (Å²) in [5, 5.41) is 26.3. The predicted octanol–water partition coefficient (Wildman–Crippen LogP) is -1.09. The van der Waals surface area contributed by atoms with Crippen molar-refractivity contribution in [3.63, 3.8) is 0 Å². The van der Waals surface area contributed by atoms with Gasteiger partial charge in [0.1, 0.15) is 36.3 Å². The van der Waals surface area contributed by atoms with E-state index in [1.807, 2.05) is 0 Å². The van der Waals surface area contributed by atoms with Gasteiger partial charge in [-0.15, -0.1) is 0 Å². The third-order valence-electron chi connectivity index (χ3n) is 7.25. The Morgan fingerprint density at radius 2 is 1.76 bits per heavy atom. The molecule has 1 aliphatic rings. The third kappa shape index (κ3) is 13.5. The van der Waals surface area contributed by atoms with Gasteiger partial charge in [0.2, 0.25) is 11.8 Å². The molecule has 0 saturated carbocycles. The van der Waals surface area contributed by atoms with Gasteiger partial charge in [0, 0.05) is 31.0 Å². The minimum Gasteiger partial charge on any atom is -0.463 e. The summed E-state index contributed by atoms with van der Waals surface area (Å²) >= 11 is 0. The zero-order valence-electron chi connectivity index (χ0n) is 28.9. The van der Waals surface area contributed by atoms with Gasteiger partial charge in [0.05, 0.1) is 26.1 Å². The van der Waals surface area contributed by atoms with E-state index in [-0.39, 0.29) is 43.1 Å². The third-order valence-corrected chi connectivity index (χ3v) is 10.4. The molecule has 2 aromatic rings. The number of anilines is 1. The number of esters is 1. The number of nitrogen functional groups attached to an aromatic ring is 1. The van der Waals surface area contributed by atoms with Crippen molar-refractivity contribution in [1.29, 1.82) is 0 Å². The second-order valence-electron chi connectivity index (χ2n) is 12.0. The van der Waals surface area contributed by atoms with Gasteiger partial charge in [-0.3, -0.25) is 27.7 Å². The highest BCUT2D eigenvalue weighted by molar-refractivity contribution is 7.61. The molecule has 7 atom stereocenters. The molecular formula is C26H42N7O18P3. The van der Waals surface area contributed by atoms with E-state index in [1.54, 1.807) is 6.92 Å². The number of phosphoric acid groups is 3. The summed E-state index contributed by atoms with van der Waals surface area (Å²) in [7, 11) is -16.4. The predicted molar refractivity (Wildman–Crippen MR) is 180 cm³/mol. The minimum absolute atomic E-state index is 0.0284. The summed E-state index contributed by atoms with van der Waals surface area (Å²) in [4.78, 5) is 86.6. The van der Waals surface area contributed by atoms with Crippen LogP contribution < -0.4 is 16.4 Å². The van der Waals surface area contributed by atoms with Crippen molar-refractivity contribution >= 4 is 58.2 Å². The molecule has 0 radical (unpaired) electrons. The molecule has 0 aromatic carbocycles. The largest absolute Gasteiger partial charge is 0.481 e. The fraction of sp³-hybridized carbons (Fsp3) is 0.615. The van der Waals surface area contributed by atoms with Crippen molar-refractivity contribution in [2.24, 2.45) is 5.41 Å². The highest BCUT2D eigenvalue weighted by atomic mass is 31.3. The maximum atomic E-state index is 12.6. The smallest absolute Gasteiger partial charge is 0.463 e. The summed E-state index contributed by atoms with van der Waals surface area (Å²) in [6, 6.07) is 0. The number of fused-ring (bicyclic) bond motifs is 1. The van der Waals surface area contributed by atoms with Gasteiger partial charge in [-0.2, -0.15) is 4.31 Å². The molecular weight excluding hydrogens is 791 g/mol. The van der Waals surface area contributed by atoms with Crippen molar-refractivity contribution in [3.05, 3.63) is 24.8 Å². The van der Waals surface area contributed by atoms with Gasteiger partial charge in [-0.1, -0.05) is 19.9 Å². The van der Waals surface area contributed by atoms with Crippen LogP contribution in [0.15, 0.2) is 24.8 Å². The number of rotatable bonds is 21. The zero-order chi connectivity index (χ0) is 40.5. The minimum atomic E-state index is -5.57. The number of ether oxygens (including phenoxy) is 2. The van der Waals surface area contributed by atoms with E-state index in [9.17, 15) is 57.9 Å². The number of phosphoric ester groups is 3. The van der Waals surface area contributed by atoms with Crippen LogP contribution >= 0.6 is 23.5 Å². The van der Waals surface area contributed by atoms with E-state index in [1.165, 1.54) is 26.0 Å². The lowest BCUT2D eigenvalue weighted by atomic mass is 9.87. The number of nitrogens with one attached hydrogen (secondary N) is 2. The van der Waals surface area contributed by atoms with Crippen LogP contribution in [0.1, 0.15) is 39.8 Å². The molecule has 0 spiro atoms. The molecule has 10 N–H and O–H groups in total. The molecule has 1 fully saturated rings. The average Bonchev–Trinajstić information content (AvgIpc) is 3.62. The van der Waals surface area contributed by atoms with Crippen molar-refractivity contribution in [1.82, 2.24) is 30.2 Å². The van der Waals surface area contributed by atoms with Gasteiger partial charge in [-0.05, 0) is 13.3 Å². The van der Waals surface area contributed by atoms with Crippen molar-refractivity contribution in [2.45, 2.75) is 64.3 Å². The normalized spacial score (nSPS) is 22.1. The number of aromatic nitrogens is 4. The highest BCUT2D eigenvalue weighted by Crippen LogP contribution is 2.61. The lowest BCUT2D eigenvalue weighted by molar-refractivity contribution is -0.137. The number of amides is 2. The van der Waals surface area contributed by atoms with E-state index < -0.39 is 90.5 Å². The van der Waals surface area contributed by atoms with E-state index in [2.05, 4.69) is 34.4 Å². The first-order valence-corrected chi connectivity index (χ1v) is 20.3. The number of hydrogen-bond donors (Lipinski definition) is 9. The molecule has 2 amide bonds. The molecule has 0 aliphatic carbocycles. The number of nitrogens with zero attached hydrogens (tertiary/aromatic N) is 4. The molecule has 2 aromatic heterocycles. The molecule has 0 bridgehead atoms. The summed E-state index contributed by atoms with van der Waals surface area (Å²) in [6.45, 7) is 2.35. The Hall–Kier alpha value is -3.25. The summed E-state index contributed by atoms with van der Waals surface area (Å²) in [5.41, 5.74) is 4.25. The summed E-state index contributed by atoms with van der Waals surface area (Å²) < 4.78 is 66.7. The lowest BCUT2D eigenvalue weighted by Crippen LogP contribution is -2.46. The number of nitrogens with two attached hydrogens (primary N) is 1. The molecule has 54 heavy (non-hydrogen) atoms. The Morgan fingerprint density at radius 3 is 2.43 bits per heavy atom. The van der Waals surface area contributed by atoms with Crippen LogP contribution in [-0.2, 0) is 55.4 Å². The summed E-state index contributed by atoms with van der Waals surface area (Å²) in [5.74, 6) is -1.99. The topological polar surface area (TPSA) is 373 Å². The van der Waals surface area contributed by atoms with E-state index in [0.717, 1.165) is 17.2 Å². The second kappa shape index (κ2) is 19.1. The molecule has 28 heteroatoms. The standard InChI is InChI=1S/C26H42N7O18P3/c1-4-46-17(35)7-5-6-9-28-16(34)8-10-29-24(38)21(37)26(2,3)12-48-54(44,45)51-53(42,43)47-11-15-20(50-52(39,40)41)19(36)25(49-15)33-14-32-18-22(27)30-13-31-23(18)33/h5,7,13-15,19-21,25,36-37H,4,6,8-12H2,1-3H3,(H,28,34)(H,29,38)(H,42,43)(H,44,45)(H2,27,30,31)(H2,39,40,41)/b7-5+/t15-,19-,20-,21+,25-/m1/s1. The van der Waals surface area contributed by atoms with Crippen molar-refractivity contribution < 1.29 is 85.2 Å². The van der Waals surface area contributed by atoms with Gasteiger partial charge in [-0.25, -0.2) is 33.4 Å². The van der Waals surface area contributed by atoms with E-state index >= 15 is 0 Å². The van der Waals surface area contributed by atoms with Crippen LogP contribution in [0.2, 0.25) is 0 Å². The highest BCUT2D eigenvalue weighted by Gasteiger charge is 2.50. The molecule has 304 valence electrons. The molecule has 3 rings (SSSR count). The summed E-state index contributed by atoms with van der Waals surface area (Å²) in [6.07, 6.45) is -3.86. The first-order valence-electron chi connectivity index (χ1n) is 15.8. The number of aliphatic hydroxyl groups excluding tert-OH is 2. The van der Waals surface area contributed by atoms with Gasteiger partial charge >= 0.3 is 29.4 Å². The monoisotopic (exact) mass is 833 g/mol. The molecule has 25 nitrogen and oxygen atoms in total. The average molecular weight is 834 g/mol. The lowest BCUT2D eigenvalue weighted by Gasteiger charge is -2.30. The number of carbonyl (C=O) groups excluding carboxylic acids is 3. The van der Waals surface area contributed by atoms with Crippen LogP contribution in [0, 0.1) is 5.41 Å². The van der Waals surface area contributed by atoms with Crippen LogP contribution in [-0.4, -0.2) is 124 Å². The molecule has 1 aliphatic heterocycles.